The molecule has 0 radical (unpaired) electrons. The second-order valence-electron chi connectivity index (χ2n) is 4.13. The van der Waals surface area contributed by atoms with Crippen molar-refractivity contribution in [2.24, 2.45) is 0 Å². The lowest BCUT2D eigenvalue weighted by Crippen LogP contribution is -2.39. The van der Waals surface area contributed by atoms with E-state index in [9.17, 15) is 22.7 Å². The van der Waals surface area contributed by atoms with Crippen molar-refractivity contribution in [1.29, 1.82) is 0 Å². The van der Waals surface area contributed by atoms with Gasteiger partial charge in [0.1, 0.15) is 5.82 Å². The molecule has 0 aliphatic heterocycles. The highest BCUT2D eigenvalue weighted by atomic mass is 19.4. The lowest BCUT2D eigenvalue weighted by atomic mass is 9.93. The van der Waals surface area contributed by atoms with Crippen molar-refractivity contribution in [2.45, 2.75) is 38.5 Å². The van der Waals surface area contributed by atoms with Crippen LogP contribution in [0.5, 0.6) is 0 Å². The van der Waals surface area contributed by atoms with Crippen LogP contribution in [0, 0.1) is 5.82 Å². The van der Waals surface area contributed by atoms with E-state index < -0.39 is 17.6 Å². The summed E-state index contributed by atoms with van der Waals surface area (Å²) in [4.78, 5) is 0. The van der Waals surface area contributed by atoms with Gasteiger partial charge in [-0.3, -0.25) is 0 Å². The van der Waals surface area contributed by atoms with Gasteiger partial charge >= 0.3 is 6.18 Å². The number of benzene rings is 1. The Hall–Kier alpha value is -1.10. The van der Waals surface area contributed by atoms with E-state index >= 15 is 0 Å². The predicted octanol–water partition coefficient (Wildman–Crippen LogP) is 3.55. The van der Waals surface area contributed by atoms with Gasteiger partial charge in [-0.2, -0.15) is 13.2 Å². The zero-order valence-electron chi connectivity index (χ0n) is 9.61. The van der Waals surface area contributed by atoms with Gasteiger partial charge in [0, 0.05) is 0 Å². The minimum Gasteiger partial charge on any atom is -0.376 e. The molecule has 0 bridgehead atoms. The minimum absolute atomic E-state index is 0.189. The van der Waals surface area contributed by atoms with E-state index in [-0.39, 0.29) is 11.1 Å². The van der Waals surface area contributed by atoms with Crippen LogP contribution in [-0.4, -0.2) is 11.3 Å². The maximum absolute atomic E-state index is 13.3. The molecule has 0 saturated carbocycles. The topological polar surface area (TPSA) is 20.2 Å². The van der Waals surface area contributed by atoms with Crippen molar-refractivity contribution >= 4 is 0 Å². The highest BCUT2D eigenvalue weighted by Crippen LogP contribution is 2.38. The Morgan fingerprint density at radius 2 is 1.82 bits per heavy atom. The monoisotopic (exact) mass is 250 g/mol. The Morgan fingerprint density at radius 1 is 1.24 bits per heavy atom. The van der Waals surface area contributed by atoms with Gasteiger partial charge in [0.25, 0.3) is 0 Å². The standard InChI is InChI=1S/C12H14F4O/c1-3-4-8-7-9(5-6-10(8)13)11(2,17)12(14,15)16/h5-7,17H,3-4H2,1-2H3/t11-/m0/s1. The average Bonchev–Trinajstić information content (AvgIpc) is 2.19. The molecule has 96 valence electrons. The first-order valence-electron chi connectivity index (χ1n) is 5.28. The molecule has 5 heteroatoms. The van der Waals surface area contributed by atoms with Crippen LogP contribution in [0.3, 0.4) is 0 Å². The molecule has 0 spiro atoms. The number of rotatable bonds is 3. The molecule has 1 rings (SSSR count). The molecular weight excluding hydrogens is 236 g/mol. The molecule has 0 amide bonds. The average molecular weight is 250 g/mol. The van der Waals surface area contributed by atoms with Crippen molar-refractivity contribution in [3.05, 3.63) is 35.1 Å². The first-order valence-corrected chi connectivity index (χ1v) is 5.28. The van der Waals surface area contributed by atoms with E-state index in [4.69, 9.17) is 0 Å². The van der Waals surface area contributed by atoms with Crippen LogP contribution in [0.25, 0.3) is 0 Å². The minimum atomic E-state index is -4.78. The van der Waals surface area contributed by atoms with E-state index in [0.717, 1.165) is 18.2 Å². The van der Waals surface area contributed by atoms with Crippen molar-refractivity contribution in [2.75, 3.05) is 0 Å². The van der Waals surface area contributed by atoms with Crippen LogP contribution in [0.15, 0.2) is 18.2 Å². The number of alkyl halides is 3. The van der Waals surface area contributed by atoms with E-state index in [0.29, 0.717) is 19.8 Å². The fraction of sp³-hybridized carbons (Fsp3) is 0.500. The van der Waals surface area contributed by atoms with Gasteiger partial charge in [-0.05, 0) is 36.6 Å². The molecule has 1 aromatic carbocycles. The summed E-state index contributed by atoms with van der Waals surface area (Å²) in [5.41, 5.74) is -3.10. The smallest absolute Gasteiger partial charge is 0.376 e. The van der Waals surface area contributed by atoms with Crippen LogP contribution in [0.2, 0.25) is 0 Å². The Balaban J connectivity index is 3.20. The number of halogens is 4. The second kappa shape index (κ2) is 4.64. The Bertz CT molecular complexity index is 396. The third-order valence-electron chi connectivity index (χ3n) is 2.68. The van der Waals surface area contributed by atoms with Crippen molar-refractivity contribution in [1.82, 2.24) is 0 Å². The highest BCUT2D eigenvalue weighted by molar-refractivity contribution is 5.30. The summed E-state index contributed by atoms with van der Waals surface area (Å²) in [6, 6.07) is 2.99. The van der Waals surface area contributed by atoms with E-state index in [1.165, 1.54) is 0 Å². The molecule has 1 atom stereocenters. The summed E-state index contributed by atoms with van der Waals surface area (Å²) in [6.07, 6.45) is -3.82. The van der Waals surface area contributed by atoms with Crippen molar-refractivity contribution in [3.63, 3.8) is 0 Å². The van der Waals surface area contributed by atoms with Crippen LogP contribution >= 0.6 is 0 Å². The number of hydrogen-bond acceptors (Lipinski definition) is 1. The van der Waals surface area contributed by atoms with Gasteiger partial charge in [-0.25, -0.2) is 4.39 Å². The number of hydrogen-bond donors (Lipinski definition) is 1. The first kappa shape index (κ1) is 14.0. The molecule has 0 saturated heterocycles. The lowest BCUT2D eigenvalue weighted by Gasteiger charge is -2.27. The van der Waals surface area contributed by atoms with Gasteiger partial charge in [0.15, 0.2) is 5.60 Å². The summed E-state index contributed by atoms with van der Waals surface area (Å²) >= 11 is 0. The quantitative estimate of drug-likeness (QED) is 0.813. The summed E-state index contributed by atoms with van der Waals surface area (Å²) in [6.45, 7) is 2.46. The third kappa shape index (κ3) is 2.77. The Labute approximate surface area is 97.1 Å². The second-order valence-corrected chi connectivity index (χ2v) is 4.13. The van der Waals surface area contributed by atoms with Crippen LogP contribution in [-0.2, 0) is 12.0 Å². The third-order valence-corrected chi connectivity index (χ3v) is 2.68. The molecule has 0 heterocycles. The van der Waals surface area contributed by atoms with Crippen molar-refractivity contribution < 1.29 is 22.7 Å². The molecular formula is C12H14F4O. The predicted molar refractivity (Wildman–Crippen MR) is 56.0 cm³/mol. The maximum atomic E-state index is 13.3. The zero-order chi connectivity index (χ0) is 13.3. The molecule has 0 unspecified atom stereocenters. The van der Waals surface area contributed by atoms with Crippen LogP contribution in [0.4, 0.5) is 17.6 Å². The molecule has 1 aromatic rings. The normalized spacial score (nSPS) is 15.7. The molecule has 1 nitrogen and oxygen atoms in total. The number of aryl methyl sites for hydroxylation is 1. The fourth-order valence-electron chi connectivity index (χ4n) is 1.50. The summed E-state index contributed by atoms with van der Waals surface area (Å²) in [5, 5.41) is 9.46. The van der Waals surface area contributed by atoms with Crippen LogP contribution in [0.1, 0.15) is 31.4 Å². The summed E-state index contributed by atoms with van der Waals surface area (Å²) in [5.74, 6) is -0.548. The Kier molecular flexibility index (Phi) is 3.81. The van der Waals surface area contributed by atoms with Gasteiger partial charge in [0.2, 0.25) is 0 Å². The van der Waals surface area contributed by atoms with E-state index in [2.05, 4.69) is 0 Å². The van der Waals surface area contributed by atoms with Gasteiger partial charge in [-0.1, -0.05) is 19.4 Å². The van der Waals surface area contributed by atoms with Gasteiger partial charge in [-0.15, -0.1) is 0 Å². The van der Waals surface area contributed by atoms with E-state index in [1.807, 2.05) is 0 Å². The van der Waals surface area contributed by atoms with Crippen molar-refractivity contribution in [3.8, 4) is 0 Å². The zero-order valence-corrected chi connectivity index (χ0v) is 9.61. The summed E-state index contributed by atoms with van der Waals surface area (Å²) < 4.78 is 51.1. The largest absolute Gasteiger partial charge is 0.421 e. The first-order chi connectivity index (χ1) is 7.70. The molecule has 0 aromatic heterocycles. The SMILES string of the molecule is CCCc1cc([C@](C)(O)C(F)(F)F)ccc1F. The van der Waals surface area contributed by atoms with Gasteiger partial charge < -0.3 is 5.11 Å². The lowest BCUT2D eigenvalue weighted by molar-refractivity contribution is -0.258. The maximum Gasteiger partial charge on any atom is 0.421 e. The summed E-state index contributed by atoms with van der Waals surface area (Å²) in [7, 11) is 0. The Morgan fingerprint density at radius 3 is 2.29 bits per heavy atom. The van der Waals surface area contributed by atoms with Gasteiger partial charge in [0.05, 0.1) is 0 Å². The molecule has 17 heavy (non-hydrogen) atoms. The molecule has 0 fully saturated rings. The molecule has 0 aliphatic carbocycles. The van der Waals surface area contributed by atoms with Crippen LogP contribution < -0.4 is 0 Å². The molecule has 1 N–H and O–H groups in total. The highest BCUT2D eigenvalue weighted by Gasteiger charge is 2.51. The van der Waals surface area contributed by atoms with E-state index in [1.54, 1.807) is 6.92 Å². The fourth-order valence-corrected chi connectivity index (χ4v) is 1.50. The molecule has 0 aliphatic rings. The number of aliphatic hydroxyl groups is 1.